The third-order valence-corrected chi connectivity index (χ3v) is 7.66. The highest BCUT2D eigenvalue weighted by molar-refractivity contribution is 6.08. The summed E-state index contributed by atoms with van der Waals surface area (Å²) in [5, 5.41) is 13.7. The Morgan fingerprint density at radius 2 is 1.62 bits per heavy atom. The van der Waals surface area contributed by atoms with E-state index in [-0.39, 0.29) is 70.6 Å². The molecule has 0 unspecified atom stereocenters. The van der Waals surface area contributed by atoms with E-state index in [2.05, 4.69) is 15.0 Å². The van der Waals surface area contributed by atoms with Gasteiger partial charge in [-0.15, -0.1) is 0 Å². The largest absolute Gasteiger partial charge is 0.493 e. The zero-order chi connectivity index (χ0) is 34.3. The molecule has 0 aliphatic carbocycles. The monoisotopic (exact) mass is 672 g/mol. The Kier molecular flexibility index (Phi) is 8.21. The van der Waals surface area contributed by atoms with Gasteiger partial charge in [0.15, 0.2) is 41.5 Å². The molecule has 3 N–H and O–H groups in total. The molecule has 19 nitrogen and oxygen atoms in total. The van der Waals surface area contributed by atoms with Crippen LogP contribution in [0, 0.1) is 0 Å². The van der Waals surface area contributed by atoms with Crippen LogP contribution in [-0.2, 0) is 14.2 Å². The number of hydrogen-bond acceptors (Lipinski definition) is 16. The molecule has 0 bridgehead atoms. The molecule has 20 heteroatoms. The van der Waals surface area contributed by atoms with Crippen LogP contribution in [0.2, 0.25) is 0 Å². The highest BCUT2D eigenvalue weighted by Crippen LogP contribution is 2.57. The van der Waals surface area contributed by atoms with E-state index >= 15 is 4.39 Å². The summed E-state index contributed by atoms with van der Waals surface area (Å²) >= 11 is 0. The maximum Gasteiger partial charge on any atom is 0.351 e. The van der Waals surface area contributed by atoms with Crippen LogP contribution >= 0.6 is 0 Å². The molecule has 0 amide bonds. The van der Waals surface area contributed by atoms with E-state index in [4.69, 9.17) is 48.4 Å². The maximum absolute atomic E-state index is 16.3. The number of aromatic nitrogens is 2. The SMILES string of the molecule is COC(=O)c1cc(OC)c2c(c1-c1c(C(=O)O[C@H]3[C@H](F)[C@H](n4ccc(N)nc4=O)O[C@@]3(CO)N=[N+]=[N-])cc(OC)c3c1OCO3)OCO2. The standard InChI is InChI=1S/C28H25FN6O13/c1-40-13-6-11(25(37)42-3)16(21-19(13)43-9-45-21)17-12(7-14(41-2)20-22(17)46-10-44-20)26(38)47-23-18(29)24(48-28(23,8-36)33-34-31)35-5-4-15(30)32-27(35)39/h4-7,18,23-24,36H,8-10H2,1-3H3,(H2,30,32,39)/t18-,23-,24+,28+/m0/s1. The fourth-order valence-corrected chi connectivity index (χ4v) is 5.53. The van der Waals surface area contributed by atoms with Crippen LogP contribution in [0.5, 0.6) is 34.5 Å². The molecule has 2 aromatic carbocycles. The van der Waals surface area contributed by atoms with Gasteiger partial charge in [0.05, 0.1) is 39.1 Å². The lowest BCUT2D eigenvalue weighted by atomic mass is 9.91. The van der Waals surface area contributed by atoms with E-state index in [1.54, 1.807) is 0 Å². The third kappa shape index (κ3) is 4.94. The summed E-state index contributed by atoms with van der Waals surface area (Å²) in [5.74, 6) is -2.34. The zero-order valence-electron chi connectivity index (χ0n) is 25.2. The molecule has 4 heterocycles. The molecule has 1 fully saturated rings. The highest BCUT2D eigenvalue weighted by atomic mass is 19.1. The molecule has 4 atom stereocenters. The first-order valence-electron chi connectivity index (χ1n) is 13.8. The van der Waals surface area contributed by atoms with Crippen molar-refractivity contribution in [1.82, 2.24) is 9.55 Å². The lowest BCUT2D eigenvalue weighted by Gasteiger charge is -2.27. The molecule has 48 heavy (non-hydrogen) atoms. The predicted molar refractivity (Wildman–Crippen MR) is 155 cm³/mol. The van der Waals surface area contributed by atoms with Crippen LogP contribution in [0.25, 0.3) is 21.6 Å². The molecule has 6 rings (SSSR count). The number of aliphatic hydroxyl groups is 1. The van der Waals surface area contributed by atoms with Gasteiger partial charge in [0.1, 0.15) is 5.82 Å². The van der Waals surface area contributed by atoms with Crippen LogP contribution in [0.15, 0.2) is 34.3 Å². The minimum atomic E-state index is -2.56. The van der Waals surface area contributed by atoms with E-state index in [0.717, 1.165) is 13.3 Å². The second kappa shape index (κ2) is 12.3. The van der Waals surface area contributed by atoms with E-state index < -0.39 is 54.0 Å². The molecule has 3 aliphatic heterocycles. The number of carbonyl (C=O) groups is 2. The highest BCUT2D eigenvalue weighted by Gasteiger charge is 2.59. The van der Waals surface area contributed by atoms with Gasteiger partial charge in [-0.2, -0.15) is 4.98 Å². The normalized spacial score (nSPS) is 21.7. The quantitative estimate of drug-likeness (QED) is 0.142. The lowest BCUT2D eigenvalue weighted by Crippen LogP contribution is -2.46. The summed E-state index contributed by atoms with van der Waals surface area (Å²) in [6, 6.07) is 3.63. The van der Waals surface area contributed by atoms with Crippen molar-refractivity contribution in [3.63, 3.8) is 0 Å². The Morgan fingerprint density at radius 3 is 2.12 bits per heavy atom. The van der Waals surface area contributed by atoms with Gasteiger partial charge in [-0.05, 0) is 23.7 Å². The van der Waals surface area contributed by atoms with E-state index in [1.807, 2.05) is 0 Å². The Labute approximate surface area is 267 Å². The number of methoxy groups -OCH3 is 3. The Balaban J connectivity index is 1.54. The minimum absolute atomic E-state index is 0.0274. The number of nitrogen functional groups attached to an aromatic ring is 1. The number of ether oxygens (including phenoxy) is 9. The van der Waals surface area contributed by atoms with Gasteiger partial charge in [0.25, 0.3) is 0 Å². The molecular formula is C28H25FN6O13. The Hall–Kier alpha value is -5.98. The van der Waals surface area contributed by atoms with Crippen LogP contribution in [0.4, 0.5) is 10.2 Å². The van der Waals surface area contributed by atoms with Crippen molar-refractivity contribution in [2.75, 3.05) is 47.3 Å². The topological polar surface area (TPSA) is 247 Å². The predicted octanol–water partition coefficient (Wildman–Crippen LogP) is 1.85. The van der Waals surface area contributed by atoms with Gasteiger partial charge in [-0.1, -0.05) is 5.11 Å². The zero-order valence-corrected chi connectivity index (χ0v) is 25.2. The number of carbonyl (C=O) groups excluding carboxylic acids is 2. The third-order valence-electron chi connectivity index (χ3n) is 7.66. The second-order valence-corrected chi connectivity index (χ2v) is 10.1. The first-order chi connectivity index (χ1) is 23.1. The van der Waals surface area contributed by atoms with Crippen LogP contribution in [0.1, 0.15) is 26.9 Å². The number of anilines is 1. The number of fused-ring (bicyclic) bond motifs is 2. The number of hydrogen-bond donors (Lipinski definition) is 2. The van der Waals surface area contributed by atoms with Crippen molar-refractivity contribution in [1.29, 1.82) is 0 Å². The van der Waals surface area contributed by atoms with Gasteiger partial charge in [-0.3, -0.25) is 4.57 Å². The summed E-state index contributed by atoms with van der Waals surface area (Å²) in [7, 11) is 3.73. The molecule has 3 aliphatic rings. The molecule has 1 aromatic heterocycles. The maximum atomic E-state index is 16.3. The average molecular weight is 673 g/mol. The molecule has 0 radical (unpaired) electrons. The summed E-state index contributed by atoms with van der Waals surface area (Å²) in [6.07, 6.45) is -5.42. The Morgan fingerprint density at radius 1 is 1.06 bits per heavy atom. The van der Waals surface area contributed by atoms with Crippen molar-refractivity contribution in [2.24, 2.45) is 5.11 Å². The van der Waals surface area contributed by atoms with Crippen molar-refractivity contribution in [2.45, 2.75) is 24.2 Å². The minimum Gasteiger partial charge on any atom is -0.493 e. The number of nitrogens with two attached hydrogens (primary N) is 1. The number of alkyl halides is 1. The van der Waals surface area contributed by atoms with Crippen molar-refractivity contribution in [3.05, 3.63) is 56.4 Å². The summed E-state index contributed by atoms with van der Waals surface area (Å²) in [6.45, 7) is -1.82. The van der Waals surface area contributed by atoms with Crippen LogP contribution in [0.3, 0.4) is 0 Å². The van der Waals surface area contributed by atoms with Crippen LogP contribution in [-0.4, -0.2) is 86.1 Å². The summed E-state index contributed by atoms with van der Waals surface area (Å²) in [5.41, 5.74) is 10.4. The van der Waals surface area contributed by atoms with Crippen LogP contribution < -0.4 is 39.8 Å². The first kappa shape index (κ1) is 32.0. The molecule has 3 aromatic rings. The molecule has 0 saturated carbocycles. The average Bonchev–Trinajstić information content (AvgIpc) is 3.83. The number of azide groups is 1. The second-order valence-electron chi connectivity index (χ2n) is 10.1. The summed E-state index contributed by atoms with van der Waals surface area (Å²) in [4.78, 5) is 46.1. The van der Waals surface area contributed by atoms with Gasteiger partial charge in [0, 0.05) is 22.2 Å². The number of esters is 2. The lowest BCUT2D eigenvalue weighted by molar-refractivity contribution is -0.126. The van der Waals surface area contributed by atoms with Crippen molar-refractivity contribution >= 4 is 17.8 Å². The number of nitrogens with zero attached hydrogens (tertiary/aromatic N) is 5. The van der Waals surface area contributed by atoms with Gasteiger partial charge in [-0.25, -0.2) is 18.8 Å². The van der Waals surface area contributed by atoms with Crippen molar-refractivity contribution in [3.8, 4) is 45.6 Å². The molecule has 1 saturated heterocycles. The van der Waals surface area contributed by atoms with Gasteiger partial charge >= 0.3 is 17.6 Å². The Bertz CT molecular complexity index is 1930. The fraction of sp³-hybridized carbons (Fsp3) is 0.357. The molecule has 252 valence electrons. The van der Waals surface area contributed by atoms with Gasteiger partial charge < -0.3 is 53.5 Å². The smallest absolute Gasteiger partial charge is 0.351 e. The molecule has 0 spiro atoms. The van der Waals surface area contributed by atoms with E-state index in [1.165, 1.54) is 32.4 Å². The number of aliphatic hydroxyl groups excluding tert-OH is 1. The van der Waals surface area contributed by atoms with Crippen molar-refractivity contribution < 1.29 is 61.7 Å². The van der Waals surface area contributed by atoms with E-state index in [0.29, 0.717) is 4.57 Å². The summed E-state index contributed by atoms with van der Waals surface area (Å²) < 4.78 is 66.6. The van der Waals surface area contributed by atoms with E-state index in [9.17, 15) is 25.0 Å². The first-order valence-corrected chi connectivity index (χ1v) is 13.8. The number of benzene rings is 2. The number of rotatable bonds is 9. The number of halogens is 1. The molecular weight excluding hydrogens is 647 g/mol. The fourth-order valence-electron chi connectivity index (χ4n) is 5.53. The van der Waals surface area contributed by atoms with Gasteiger partial charge in [0.2, 0.25) is 30.8 Å².